The van der Waals surface area contributed by atoms with Crippen molar-refractivity contribution in [2.75, 3.05) is 20.6 Å². The van der Waals surface area contributed by atoms with E-state index < -0.39 is 14.5 Å². The van der Waals surface area contributed by atoms with Crippen molar-refractivity contribution in [3.05, 3.63) is 0 Å². The van der Waals surface area contributed by atoms with Gasteiger partial charge in [0, 0.05) is 12.6 Å². The van der Waals surface area contributed by atoms with Crippen molar-refractivity contribution in [1.82, 2.24) is 4.90 Å². The average Bonchev–Trinajstić information content (AvgIpc) is 1.58. The Kier molecular flexibility index (Phi) is 5.38. The van der Waals surface area contributed by atoms with Gasteiger partial charge in [-0.05, 0) is 21.0 Å². The van der Waals surface area contributed by atoms with Crippen LogP contribution in [0.5, 0.6) is 0 Å². The highest BCUT2D eigenvalue weighted by atomic mass is 27.2. The molecule has 0 aliphatic carbocycles. The summed E-state index contributed by atoms with van der Waals surface area (Å²) in [5, 5.41) is 0. The second-order valence-electron chi connectivity index (χ2n) is 3.26. The Balaban J connectivity index is 3.34. The van der Waals surface area contributed by atoms with E-state index in [1.54, 1.807) is 0 Å². The quantitative estimate of drug-likeness (QED) is 0.571. The predicted octanol–water partition coefficient (Wildman–Crippen LogP) is 1.20. The van der Waals surface area contributed by atoms with Gasteiger partial charge in [-0.1, -0.05) is 11.6 Å². The molecule has 0 N–H and O–H groups in total. The molecular weight excluding hydrogens is 141 g/mol. The lowest BCUT2D eigenvalue weighted by atomic mass is 10.4. The third-order valence-corrected chi connectivity index (χ3v) is 2.14. The van der Waals surface area contributed by atoms with Crippen LogP contribution in [0.25, 0.3) is 0 Å². The first kappa shape index (κ1) is 10.5. The zero-order valence-corrected chi connectivity index (χ0v) is 8.87. The second-order valence-corrected chi connectivity index (χ2v) is 5.63. The molecule has 0 aliphatic heterocycles. The molecule has 2 nitrogen and oxygen atoms in total. The van der Waals surface area contributed by atoms with Crippen LogP contribution in [-0.2, 0) is 3.79 Å². The molecule has 0 fully saturated rings. The van der Waals surface area contributed by atoms with Crippen LogP contribution in [-0.4, -0.2) is 46.1 Å². The van der Waals surface area contributed by atoms with Gasteiger partial charge in [0.1, 0.15) is 0 Å². The zero-order chi connectivity index (χ0) is 8.15. The average molecular weight is 159 g/mol. The van der Waals surface area contributed by atoms with Gasteiger partial charge in [0.25, 0.3) is 0 Å². The highest BCUT2D eigenvalue weighted by Gasteiger charge is 2.09. The molecule has 0 aromatic rings. The first-order valence-electron chi connectivity index (χ1n) is 3.82. The molecular formula is C7H18AlNO. The van der Waals surface area contributed by atoms with Crippen molar-refractivity contribution in [2.45, 2.75) is 24.6 Å². The molecule has 0 aromatic heterocycles. The monoisotopic (exact) mass is 159 g/mol. The lowest BCUT2D eigenvalue weighted by Gasteiger charge is -2.19. The molecule has 10 heavy (non-hydrogen) atoms. The second kappa shape index (κ2) is 5.15. The van der Waals surface area contributed by atoms with Crippen LogP contribution < -0.4 is 0 Å². The maximum atomic E-state index is 5.66. The highest BCUT2D eigenvalue weighted by molar-refractivity contribution is 6.48. The third kappa shape index (κ3) is 6.57. The van der Waals surface area contributed by atoms with Crippen molar-refractivity contribution in [1.29, 1.82) is 0 Å². The van der Waals surface area contributed by atoms with Crippen molar-refractivity contribution in [3.63, 3.8) is 0 Å². The predicted molar refractivity (Wildman–Crippen MR) is 46.6 cm³/mol. The smallest absolute Gasteiger partial charge is 0.454 e. The summed E-state index contributed by atoms with van der Waals surface area (Å²) in [4.78, 5) is 2.15. The molecule has 0 heterocycles. The first-order valence-corrected chi connectivity index (χ1v) is 6.60. The lowest BCUT2D eigenvalue weighted by molar-refractivity contribution is 0.179. The number of rotatable bonds is 4. The van der Waals surface area contributed by atoms with Crippen LogP contribution in [0, 0.1) is 0 Å². The summed E-state index contributed by atoms with van der Waals surface area (Å²) in [6, 6.07) is 0. The molecule has 1 atom stereocenters. The zero-order valence-electron chi connectivity index (χ0n) is 7.72. The summed E-state index contributed by atoms with van der Waals surface area (Å²) in [5.41, 5.74) is 0. The van der Waals surface area contributed by atoms with E-state index in [0.29, 0.717) is 6.10 Å². The maximum absolute atomic E-state index is 5.66. The summed E-state index contributed by atoms with van der Waals surface area (Å²) in [5.74, 6) is 4.40. The summed E-state index contributed by atoms with van der Waals surface area (Å²) in [6.45, 7) is 3.16. The topological polar surface area (TPSA) is 12.5 Å². The first-order chi connectivity index (χ1) is 4.52. The number of hydrogen-bond donors (Lipinski definition) is 0. The van der Waals surface area contributed by atoms with Crippen LogP contribution in [0.3, 0.4) is 0 Å². The molecule has 0 spiro atoms. The van der Waals surface area contributed by atoms with Gasteiger partial charge < -0.3 is 8.69 Å². The molecule has 0 rings (SSSR count). The SMILES string of the molecule is CC(CN(C)C)[O][Al]([CH3])[CH3]. The largest absolute Gasteiger partial charge is 0.498 e. The van der Waals surface area contributed by atoms with E-state index in [0.717, 1.165) is 6.54 Å². The van der Waals surface area contributed by atoms with Crippen LogP contribution in [0.2, 0.25) is 11.6 Å². The molecule has 0 bridgehead atoms. The molecule has 0 saturated carbocycles. The van der Waals surface area contributed by atoms with E-state index in [-0.39, 0.29) is 0 Å². The maximum Gasteiger partial charge on any atom is 0.454 e. The van der Waals surface area contributed by atoms with Gasteiger partial charge >= 0.3 is 14.5 Å². The molecule has 60 valence electrons. The van der Waals surface area contributed by atoms with Crippen LogP contribution >= 0.6 is 0 Å². The highest BCUT2D eigenvalue weighted by Crippen LogP contribution is 1.95. The lowest BCUT2D eigenvalue weighted by Crippen LogP contribution is -2.29. The fourth-order valence-electron chi connectivity index (χ4n) is 1.02. The molecule has 0 saturated heterocycles. The summed E-state index contributed by atoms with van der Waals surface area (Å²) in [7, 11) is 4.14. The van der Waals surface area contributed by atoms with E-state index in [4.69, 9.17) is 3.79 Å². The van der Waals surface area contributed by atoms with Gasteiger partial charge in [0.15, 0.2) is 0 Å². The fraction of sp³-hybridized carbons (Fsp3) is 1.00. The van der Waals surface area contributed by atoms with E-state index >= 15 is 0 Å². The van der Waals surface area contributed by atoms with Crippen molar-refractivity contribution < 1.29 is 3.79 Å². The fourth-order valence-corrected chi connectivity index (χ4v) is 2.04. The van der Waals surface area contributed by atoms with Gasteiger partial charge in [0.05, 0.1) is 0 Å². The minimum atomic E-state index is -0.814. The minimum Gasteiger partial charge on any atom is -0.498 e. The summed E-state index contributed by atoms with van der Waals surface area (Å²) in [6.07, 6.45) is 0.404. The molecule has 0 radical (unpaired) electrons. The Bertz CT molecular complexity index is 75.7. The Labute approximate surface area is 68.9 Å². The summed E-state index contributed by atoms with van der Waals surface area (Å²) >= 11 is -0.814. The van der Waals surface area contributed by atoms with E-state index in [9.17, 15) is 0 Å². The Morgan fingerprint density at radius 2 is 1.90 bits per heavy atom. The number of likely N-dealkylation sites (N-methyl/N-ethyl adjacent to an activating group) is 1. The normalized spacial score (nSPS) is 13.8. The molecule has 0 aliphatic rings. The third-order valence-electron chi connectivity index (χ3n) is 1.13. The van der Waals surface area contributed by atoms with Crippen LogP contribution in [0.1, 0.15) is 6.92 Å². The van der Waals surface area contributed by atoms with E-state index in [1.807, 2.05) is 0 Å². The van der Waals surface area contributed by atoms with Gasteiger partial charge in [-0.15, -0.1) is 0 Å². The van der Waals surface area contributed by atoms with Gasteiger partial charge in [-0.3, -0.25) is 0 Å². The van der Waals surface area contributed by atoms with Crippen LogP contribution in [0.4, 0.5) is 0 Å². The minimum absolute atomic E-state index is 0.404. The summed E-state index contributed by atoms with van der Waals surface area (Å²) < 4.78 is 5.66. The van der Waals surface area contributed by atoms with Crippen molar-refractivity contribution in [3.8, 4) is 0 Å². The van der Waals surface area contributed by atoms with Crippen LogP contribution in [0.15, 0.2) is 0 Å². The Morgan fingerprint density at radius 1 is 1.40 bits per heavy atom. The van der Waals surface area contributed by atoms with E-state index in [2.05, 4.69) is 37.5 Å². The number of hydrogen-bond acceptors (Lipinski definition) is 2. The Hall–Kier alpha value is 0.452. The standard InChI is InChI=1S/C5H12NO.2CH3.Al/c1-5(7)4-6(2)3;;;/h5H,4H2,1-3H3;2*1H3;/q-1;;;+1. The van der Waals surface area contributed by atoms with Crippen molar-refractivity contribution in [2.24, 2.45) is 0 Å². The van der Waals surface area contributed by atoms with Gasteiger partial charge in [-0.2, -0.15) is 0 Å². The number of nitrogens with zero attached hydrogens (tertiary/aromatic N) is 1. The van der Waals surface area contributed by atoms with Gasteiger partial charge in [0.2, 0.25) is 0 Å². The van der Waals surface area contributed by atoms with Crippen molar-refractivity contribution >= 4 is 14.5 Å². The molecule has 0 aromatic carbocycles. The molecule has 1 unspecified atom stereocenters. The van der Waals surface area contributed by atoms with E-state index in [1.165, 1.54) is 0 Å². The Morgan fingerprint density at radius 3 is 2.20 bits per heavy atom. The molecule has 0 amide bonds. The molecule has 3 heteroatoms. The van der Waals surface area contributed by atoms with Gasteiger partial charge in [-0.25, -0.2) is 0 Å².